The van der Waals surface area contributed by atoms with Crippen LogP contribution in [0.2, 0.25) is 0 Å². The molecular formula is C14H13BrN4O3. The summed E-state index contributed by atoms with van der Waals surface area (Å²) in [6, 6.07) is 7.86. The van der Waals surface area contributed by atoms with Gasteiger partial charge < -0.3 is 10.3 Å². The predicted molar refractivity (Wildman–Crippen MR) is 84.2 cm³/mol. The zero-order valence-corrected chi connectivity index (χ0v) is 13.2. The first kappa shape index (κ1) is 15.8. The van der Waals surface area contributed by atoms with Crippen LogP contribution in [-0.2, 0) is 4.79 Å². The summed E-state index contributed by atoms with van der Waals surface area (Å²) in [5.74, 6) is -1.12. The van der Waals surface area contributed by atoms with E-state index >= 15 is 0 Å². The van der Waals surface area contributed by atoms with Gasteiger partial charge in [0.2, 0.25) is 5.91 Å². The molecule has 2 aromatic rings. The van der Waals surface area contributed by atoms with Crippen molar-refractivity contribution in [1.29, 1.82) is 0 Å². The van der Waals surface area contributed by atoms with E-state index in [-0.39, 0.29) is 5.91 Å². The lowest BCUT2D eigenvalue weighted by Crippen LogP contribution is -2.41. The fourth-order valence-electron chi connectivity index (χ4n) is 1.66. The molecule has 0 unspecified atom stereocenters. The smallest absolute Gasteiger partial charge is 0.286 e. The number of carbonyl (C=O) groups excluding carboxylic acids is 3. The number of rotatable bonds is 3. The van der Waals surface area contributed by atoms with E-state index < -0.39 is 11.8 Å². The molecule has 0 fully saturated rings. The van der Waals surface area contributed by atoms with E-state index in [1.807, 2.05) is 0 Å². The second-order valence-electron chi connectivity index (χ2n) is 4.40. The molecule has 0 bridgehead atoms. The van der Waals surface area contributed by atoms with E-state index in [1.54, 1.807) is 24.4 Å². The quantitative estimate of drug-likeness (QED) is 0.624. The molecule has 22 heavy (non-hydrogen) atoms. The van der Waals surface area contributed by atoms with Crippen molar-refractivity contribution in [2.24, 2.45) is 0 Å². The Morgan fingerprint density at radius 2 is 1.68 bits per heavy atom. The van der Waals surface area contributed by atoms with Crippen molar-refractivity contribution < 1.29 is 14.4 Å². The molecule has 7 nitrogen and oxygen atoms in total. The number of hydrogen-bond donors (Lipinski definition) is 4. The van der Waals surface area contributed by atoms with Gasteiger partial charge in [-0.3, -0.25) is 25.2 Å². The minimum atomic E-state index is -0.464. The van der Waals surface area contributed by atoms with Gasteiger partial charge in [0, 0.05) is 28.8 Å². The van der Waals surface area contributed by atoms with E-state index in [2.05, 4.69) is 37.1 Å². The monoisotopic (exact) mass is 364 g/mol. The first-order valence-corrected chi connectivity index (χ1v) is 7.07. The molecule has 0 aliphatic rings. The highest BCUT2D eigenvalue weighted by atomic mass is 79.9. The van der Waals surface area contributed by atoms with Crippen LogP contribution >= 0.6 is 15.9 Å². The maximum absolute atomic E-state index is 11.9. The molecule has 3 amide bonds. The average molecular weight is 365 g/mol. The van der Waals surface area contributed by atoms with Gasteiger partial charge in [0.15, 0.2) is 0 Å². The van der Waals surface area contributed by atoms with Gasteiger partial charge in [0.05, 0.1) is 0 Å². The highest BCUT2D eigenvalue weighted by Crippen LogP contribution is 2.10. The largest absolute Gasteiger partial charge is 0.356 e. The molecular weight excluding hydrogens is 352 g/mol. The standard InChI is InChI=1S/C14H13BrN4O3/c1-8(20)17-11-4-2-9(3-5-11)13(21)18-19-14(22)12-6-10(15)7-16-12/h2-7,16H,1H3,(H,17,20)(H,18,21)(H,19,22). The van der Waals surface area contributed by atoms with Gasteiger partial charge in [-0.2, -0.15) is 0 Å². The Hall–Kier alpha value is -2.61. The Morgan fingerprint density at radius 3 is 2.23 bits per heavy atom. The molecule has 0 radical (unpaired) electrons. The van der Waals surface area contributed by atoms with Crippen molar-refractivity contribution in [3.05, 3.63) is 52.3 Å². The second kappa shape index (κ2) is 6.90. The second-order valence-corrected chi connectivity index (χ2v) is 5.31. The molecule has 1 aromatic carbocycles. The number of hydrazine groups is 1. The number of carbonyl (C=O) groups is 3. The molecule has 0 spiro atoms. The van der Waals surface area contributed by atoms with Gasteiger partial charge in [-0.05, 0) is 46.3 Å². The van der Waals surface area contributed by atoms with Gasteiger partial charge in [-0.15, -0.1) is 0 Å². The lowest BCUT2D eigenvalue weighted by atomic mass is 10.2. The number of anilines is 1. The van der Waals surface area contributed by atoms with E-state index in [0.717, 1.165) is 4.47 Å². The number of benzene rings is 1. The Morgan fingerprint density at radius 1 is 1.05 bits per heavy atom. The number of aromatic nitrogens is 1. The van der Waals surface area contributed by atoms with E-state index in [4.69, 9.17) is 0 Å². The van der Waals surface area contributed by atoms with Crippen molar-refractivity contribution in [1.82, 2.24) is 15.8 Å². The molecule has 114 valence electrons. The highest BCUT2D eigenvalue weighted by Gasteiger charge is 2.10. The van der Waals surface area contributed by atoms with Crippen molar-refractivity contribution in [2.45, 2.75) is 6.92 Å². The molecule has 8 heteroatoms. The van der Waals surface area contributed by atoms with Crippen molar-refractivity contribution in [3.63, 3.8) is 0 Å². The van der Waals surface area contributed by atoms with Crippen LogP contribution in [0, 0.1) is 0 Å². The van der Waals surface area contributed by atoms with Crippen LogP contribution in [-0.4, -0.2) is 22.7 Å². The third-order valence-corrected chi connectivity index (χ3v) is 3.11. The number of amides is 3. The molecule has 0 aliphatic carbocycles. The maximum atomic E-state index is 11.9. The summed E-state index contributed by atoms with van der Waals surface area (Å²) in [7, 11) is 0. The molecule has 0 saturated heterocycles. The van der Waals surface area contributed by atoms with Crippen LogP contribution in [0.1, 0.15) is 27.8 Å². The third kappa shape index (κ3) is 4.19. The minimum Gasteiger partial charge on any atom is -0.356 e. The summed E-state index contributed by atoms with van der Waals surface area (Å²) in [5, 5.41) is 2.60. The molecule has 0 atom stereocenters. The van der Waals surface area contributed by atoms with Crippen LogP contribution < -0.4 is 16.2 Å². The van der Waals surface area contributed by atoms with Crippen LogP contribution in [0.3, 0.4) is 0 Å². The van der Waals surface area contributed by atoms with Crippen LogP contribution in [0.4, 0.5) is 5.69 Å². The molecule has 4 N–H and O–H groups in total. The summed E-state index contributed by atoms with van der Waals surface area (Å²) >= 11 is 3.21. The zero-order chi connectivity index (χ0) is 16.1. The number of H-pyrrole nitrogens is 1. The number of aromatic amines is 1. The molecule has 2 rings (SSSR count). The van der Waals surface area contributed by atoms with Gasteiger partial charge in [0.1, 0.15) is 5.69 Å². The van der Waals surface area contributed by atoms with Crippen LogP contribution in [0.5, 0.6) is 0 Å². The number of nitrogens with one attached hydrogen (secondary N) is 4. The minimum absolute atomic E-state index is 0.193. The lowest BCUT2D eigenvalue weighted by Gasteiger charge is -2.07. The fraction of sp³-hybridized carbons (Fsp3) is 0.0714. The Labute approximate surface area is 134 Å². The summed E-state index contributed by atoms with van der Waals surface area (Å²) in [6.45, 7) is 1.40. The van der Waals surface area contributed by atoms with E-state index in [1.165, 1.54) is 19.1 Å². The van der Waals surface area contributed by atoms with Crippen molar-refractivity contribution in [2.75, 3.05) is 5.32 Å². The van der Waals surface area contributed by atoms with Gasteiger partial charge in [-0.25, -0.2) is 0 Å². The zero-order valence-electron chi connectivity index (χ0n) is 11.6. The third-order valence-electron chi connectivity index (χ3n) is 2.65. The normalized spacial score (nSPS) is 9.91. The van der Waals surface area contributed by atoms with Gasteiger partial charge in [0.25, 0.3) is 11.8 Å². The molecule has 0 aliphatic heterocycles. The van der Waals surface area contributed by atoms with E-state index in [0.29, 0.717) is 16.9 Å². The fourth-order valence-corrected chi connectivity index (χ4v) is 2.00. The summed E-state index contributed by atoms with van der Waals surface area (Å²) in [5.41, 5.74) is 5.85. The summed E-state index contributed by atoms with van der Waals surface area (Å²) in [4.78, 5) is 37.3. The van der Waals surface area contributed by atoms with Crippen LogP contribution in [0.25, 0.3) is 0 Å². The first-order chi connectivity index (χ1) is 10.5. The molecule has 0 saturated carbocycles. The summed E-state index contributed by atoms with van der Waals surface area (Å²) < 4.78 is 0.734. The van der Waals surface area contributed by atoms with Gasteiger partial charge >= 0.3 is 0 Å². The lowest BCUT2D eigenvalue weighted by molar-refractivity contribution is -0.114. The van der Waals surface area contributed by atoms with E-state index in [9.17, 15) is 14.4 Å². The van der Waals surface area contributed by atoms with Crippen molar-refractivity contribution in [3.8, 4) is 0 Å². The highest BCUT2D eigenvalue weighted by molar-refractivity contribution is 9.10. The topological polar surface area (TPSA) is 103 Å². The molecule has 1 aromatic heterocycles. The Kier molecular flexibility index (Phi) is 4.95. The predicted octanol–water partition coefficient (Wildman–Crippen LogP) is 1.81. The first-order valence-electron chi connectivity index (χ1n) is 6.28. The maximum Gasteiger partial charge on any atom is 0.286 e. The average Bonchev–Trinajstić information content (AvgIpc) is 2.91. The number of hydrogen-bond acceptors (Lipinski definition) is 3. The van der Waals surface area contributed by atoms with Crippen molar-refractivity contribution >= 4 is 39.3 Å². The molecule has 1 heterocycles. The van der Waals surface area contributed by atoms with Gasteiger partial charge in [-0.1, -0.05) is 0 Å². The summed E-state index contributed by atoms with van der Waals surface area (Å²) in [6.07, 6.45) is 1.61. The SMILES string of the molecule is CC(=O)Nc1ccc(C(=O)NNC(=O)c2cc(Br)c[nH]2)cc1. The van der Waals surface area contributed by atoms with Crippen LogP contribution in [0.15, 0.2) is 41.0 Å². The Balaban J connectivity index is 1.92. The number of halogens is 1. The Bertz CT molecular complexity index is 709.